The maximum Gasteiger partial charge on any atom is 0.325 e. The number of thiophene rings is 1. The summed E-state index contributed by atoms with van der Waals surface area (Å²) in [5.41, 5.74) is 8.75. The minimum absolute atomic E-state index is 0. The quantitative estimate of drug-likeness (QED) is 0.119. The summed E-state index contributed by atoms with van der Waals surface area (Å²) >= 11 is 6.70. The third-order valence-corrected chi connectivity index (χ3v) is 13.2. The number of nitrogens with two attached hydrogens (primary N) is 1. The lowest BCUT2D eigenvalue weighted by atomic mass is 10.0. The Bertz CT molecular complexity index is 1700. The Morgan fingerprint density at radius 3 is 2.14 bits per heavy atom. The SMILES string of the molecule is CCCC(CCC)S(=O)(=O)CC(NS(=O)(=O)c1ccc(Cl)s1)C(=O)O[C@H](CNCc1cccc(CC)c1)[C@@H](N)Cc1cc(F)cc(F)c1.Cl. The largest absolute Gasteiger partial charge is 0.458 e. The number of sulfone groups is 1. The second kappa shape index (κ2) is 20.0. The van der Waals surface area contributed by atoms with Gasteiger partial charge in [-0.3, -0.25) is 4.79 Å². The number of esters is 1. The van der Waals surface area contributed by atoms with Gasteiger partial charge < -0.3 is 15.8 Å². The fourth-order valence-corrected chi connectivity index (χ4v) is 10.3. The molecule has 4 N–H and O–H groups in total. The molecule has 0 radical (unpaired) electrons. The van der Waals surface area contributed by atoms with Gasteiger partial charge in [0.25, 0.3) is 10.0 Å². The van der Waals surface area contributed by atoms with E-state index in [0.29, 0.717) is 32.2 Å². The molecule has 0 fully saturated rings. The third kappa shape index (κ3) is 13.5. The van der Waals surface area contributed by atoms with E-state index in [0.717, 1.165) is 47.1 Å². The number of benzene rings is 2. The van der Waals surface area contributed by atoms with Crippen LogP contribution in [0.1, 0.15) is 63.1 Å². The molecule has 3 rings (SSSR count). The van der Waals surface area contributed by atoms with Crippen molar-refractivity contribution < 1.29 is 35.1 Å². The molecule has 49 heavy (non-hydrogen) atoms. The van der Waals surface area contributed by atoms with Crippen molar-refractivity contribution in [1.82, 2.24) is 10.0 Å². The van der Waals surface area contributed by atoms with Gasteiger partial charge in [-0.05, 0) is 66.6 Å². The van der Waals surface area contributed by atoms with Gasteiger partial charge >= 0.3 is 5.97 Å². The number of hydrogen-bond acceptors (Lipinski definition) is 9. The Hall–Kier alpha value is -2.17. The molecule has 0 spiro atoms. The van der Waals surface area contributed by atoms with Crippen LogP contribution in [0.4, 0.5) is 8.78 Å². The first-order chi connectivity index (χ1) is 22.7. The van der Waals surface area contributed by atoms with Crippen molar-refractivity contribution in [3.05, 3.63) is 87.3 Å². The van der Waals surface area contributed by atoms with Crippen LogP contribution in [0.2, 0.25) is 4.34 Å². The summed E-state index contributed by atoms with van der Waals surface area (Å²) in [6, 6.07) is 10.6. The molecule has 0 aliphatic rings. The lowest BCUT2D eigenvalue weighted by Crippen LogP contribution is -2.52. The molecule has 0 aliphatic carbocycles. The molecule has 0 saturated carbocycles. The smallest absolute Gasteiger partial charge is 0.325 e. The van der Waals surface area contributed by atoms with E-state index in [1.807, 2.05) is 45.0 Å². The van der Waals surface area contributed by atoms with Crippen molar-refractivity contribution in [2.75, 3.05) is 12.3 Å². The van der Waals surface area contributed by atoms with Gasteiger partial charge in [0, 0.05) is 25.2 Å². The zero-order valence-electron chi connectivity index (χ0n) is 27.7. The van der Waals surface area contributed by atoms with Crippen LogP contribution in [0, 0.1) is 11.6 Å². The molecule has 1 aromatic heterocycles. The Balaban J connectivity index is 0.00000833. The van der Waals surface area contributed by atoms with E-state index in [1.165, 1.54) is 12.1 Å². The molecule has 1 unspecified atom stereocenters. The molecule has 3 aromatic rings. The fourth-order valence-electron chi connectivity index (χ4n) is 5.32. The summed E-state index contributed by atoms with van der Waals surface area (Å²) in [5, 5.41) is 2.40. The highest BCUT2D eigenvalue weighted by molar-refractivity contribution is 7.92. The number of aryl methyl sites for hydroxylation is 1. The standard InChI is InChI=1S/C33H44ClF2N3O6S3.ClH/c1-4-8-27(9-5-2)47(41,42)21-29(39-48(43,44)32-13-12-31(34)46-32)33(40)45-30(20-38-19-23-11-7-10-22(6-3)14-23)28(37)17-24-15-25(35)18-26(36)16-24;/h7,10-16,18,27-30,38-39H,4-6,8-9,17,19-21,37H2,1-3H3;1H/t28-,29?,30+;/m0./s1. The number of carbonyl (C=O) groups excluding carboxylic acids is 1. The normalized spacial score (nSPS) is 13.9. The lowest BCUT2D eigenvalue weighted by Gasteiger charge is -2.28. The summed E-state index contributed by atoms with van der Waals surface area (Å²) in [7, 11) is -8.39. The molecule has 0 aliphatic heterocycles. The lowest BCUT2D eigenvalue weighted by molar-refractivity contribution is -0.151. The molecule has 0 saturated heterocycles. The van der Waals surface area contributed by atoms with Gasteiger partial charge in [-0.1, -0.05) is 69.5 Å². The van der Waals surface area contributed by atoms with Crippen LogP contribution >= 0.6 is 35.3 Å². The number of ether oxygens (including phenoxy) is 1. The predicted molar refractivity (Wildman–Crippen MR) is 194 cm³/mol. The zero-order valence-corrected chi connectivity index (χ0v) is 31.7. The van der Waals surface area contributed by atoms with Gasteiger partial charge in [-0.15, -0.1) is 23.7 Å². The van der Waals surface area contributed by atoms with Crippen molar-refractivity contribution in [3.8, 4) is 0 Å². The molecule has 16 heteroatoms. The minimum atomic E-state index is -4.39. The van der Waals surface area contributed by atoms with Crippen molar-refractivity contribution in [2.45, 2.75) is 93.5 Å². The van der Waals surface area contributed by atoms with Crippen molar-refractivity contribution in [3.63, 3.8) is 0 Å². The van der Waals surface area contributed by atoms with Crippen molar-refractivity contribution in [2.24, 2.45) is 5.73 Å². The van der Waals surface area contributed by atoms with E-state index in [-0.39, 0.29) is 39.5 Å². The van der Waals surface area contributed by atoms with E-state index in [1.54, 1.807) is 0 Å². The third-order valence-electron chi connectivity index (χ3n) is 7.74. The Kier molecular flexibility index (Phi) is 17.6. The molecule has 0 amide bonds. The highest BCUT2D eigenvalue weighted by Gasteiger charge is 2.37. The van der Waals surface area contributed by atoms with Crippen LogP contribution in [-0.4, -0.2) is 58.5 Å². The summed E-state index contributed by atoms with van der Waals surface area (Å²) in [4.78, 5) is 13.8. The van der Waals surface area contributed by atoms with Crippen molar-refractivity contribution >= 4 is 61.2 Å². The van der Waals surface area contributed by atoms with Gasteiger partial charge in [-0.2, -0.15) is 4.72 Å². The minimum Gasteiger partial charge on any atom is -0.458 e. The summed E-state index contributed by atoms with van der Waals surface area (Å²) in [5.74, 6) is -3.61. The molecule has 9 nitrogen and oxygen atoms in total. The highest BCUT2D eigenvalue weighted by atomic mass is 35.5. The van der Waals surface area contributed by atoms with E-state index >= 15 is 0 Å². The first-order valence-corrected chi connectivity index (χ1v) is 20.2. The number of rotatable bonds is 20. The maximum absolute atomic E-state index is 14.0. The molecule has 0 bridgehead atoms. The molecule has 1 heterocycles. The first kappa shape index (κ1) is 43.0. The topological polar surface area (TPSA) is 145 Å². The fraction of sp³-hybridized carbons (Fsp3) is 0.485. The number of halogens is 4. The first-order valence-electron chi connectivity index (χ1n) is 15.9. The molecular formula is C33H45Cl2F2N3O6S3. The van der Waals surface area contributed by atoms with E-state index in [9.17, 15) is 30.4 Å². The van der Waals surface area contributed by atoms with E-state index < -0.39 is 66.7 Å². The molecular weight excluding hydrogens is 739 g/mol. The van der Waals surface area contributed by atoms with Gasteiger partial charge in [0.05, 0.1) is 15.3 Å². The van der Waals surface area contributed by atoms with Gasteiger partial charge in [0.15, 0.2) is 9.84 Å². The van der Waals surface area contributed by atoms with Crippen LogP contribution in [0.15, 0.2) is 58.8 Å². The average Bonchev–Trinajstić information content (AvgIpc) is 3.46. The monoisotopic (exact) mass is 783 g/mol. The number of carbonyl (C=O) groups is 1. The Morgan fingerprint density at radius 1 is 0.939 bits per heavy atom. The summed E-state index contributed by atoms with van der Waals surface area (Å²) in [6.45, 7) is 6.05. The molecule has 274 valence electrons. The van der Waals surface area contributed by atoms with Crippen LogP contribution in [-0.2, 0) is 48.8 Å². The highest BCUT2D eigenvalue weighted by Crippen LogP contribution is 2.26. The second-order valence-corrected chi connectivity index (χ2v) is 17.7. The van der Waals surface area contributed by atoms with Gasteiger partial charge in [0.2, 0.25) is 0 Å². The number of sulfonamides is 1. The average molecular weight is 785 g/mol. The Labute approximate surface area is 303 Å². The molecule has 3 atom stereocenters. The van der Waals surface area contributed by atoms with Crippen molar-refractivity contribution in [1.29, 1.82) is 0 Å². The van der Waals surface area contributed by atoms with Crippen LogP contribution < -0.4 is 15.8 Å². The predicted octanol–water partition coefficient (Wildman–Crippen LogP) is 5.97. The Morgan fingerprint density at radius 2 is 1.57 bits per heavy atom. The van der Waals surface area contributed by atoms with Crippen LogP contribution in [0.25, 0.3) is 0 Å². The number of hydrogen-bond donors (Lipinski definition) is 3. The zero-order chi connectivity index (χ0) is 35.5. The molecule has 2 aromatic carbocycles. The summed E-state index contributed by atoms with van der Waals surface area (Å²) in [6.07, 6.45) is 1.41. The van der Waals surface area contributed by atoms with Gasteiger partial charge in [0.1, 0.15) is 28.0 Å². The van der Waals surface area contributed by atoms with Gasteiger partial charge in [-0.25, -0.2) is 25.6 Å². The van der Waals surface area contributed by atoms with Crippen LogP contribution in [0.5, 0.6) is 0 Å². The van der Waals surface area contributed by atoms with E-state index in [4.69, 9.17) is 22.1 Å². The number of nitrogens with one attached hydrogen (secondary N) is 2. The van der Waals surface area contributed by atoms with Crippen LogP contribution in [0.3, 0.4) is 0 Å². The second-order valence-electron chi connectivity index (χ2n) is 11.7. The maximum atomic E-state index is 14.0. The summed E-state index contributed by atoms with van der Waals surface area (Å²) < 4.78 is 89.7. The van der Waals surface area contributed by atoms with E-state index in [2.05, 4.69) is 10.0 Å².